The van der Waals surface area contributed by atoms with Crippen molar-refractivity contribution in [3.05, 3.63) is 86.1 Å². The van der Waals surface area contributed by atoms with E-state index in [9.17, 15) is 9.59 Å². The lowest BCUT2D eigenvalue weighted by Crippen LogP contribution is -2.33. The predicted molar refractivity (Wildman–Crippen MR) is 105 cm³/mol. The molecule has 1 aromatic heterocycles. The van der Waals surface area contributed by atoms with Crippen molar-refractivity contribution in [2.24, 2.45) is 0 Å². The van der Waals surface area contributed by atoms with E-state index in [1.807, 2.05) is 36.4 Å². The van der Waals surface area contributed by atoms with Crippen molar-refractivity contribution < 1.29 is 4.79 Å². The molecule has 0 aliphatic heterocycles. The molecule has 1 heterocycles. The summed E-state index contributed by atoms with van der Waals surface area (Å²) in [6, 6.07) is 17.8. The van der Waals surface area contributed by atoms with Crippen LogP contribution in [0.25, 0.3) is 11.3 Å². The quantitative estimate of drug-likeness (QED) is 0.669. The number of carbonyl (C=O) groups excluding carboxylic acids is 1. The van der Waals surface area contributed by atoms with Crippen LogP contribution in [0.3, 0.4) is 0 Å². The van der Waals surface area contributed by atoms with E-state index < -0.39 is 0 Å². The molecule has 0 unspecified atom stereocenters. The number of benzene rings is 2. The monoisotopic (exact) mass is 431 g/mol. The SMILES string of the molecule is O=C(Cn1nc(-c2ccc(Br)cc2)ccc1=O)NCc1cccc(Cl)c1. The van der Waals surface area contributed by atoms with Crippen LogP contribution in [-0.4, -0.2) is 15.7 Å². The summed E-state index contributed by atoms with van der Waals surface area (Å²) < 4.78 is 2.11. The third-order valence-corrected chi connectivity index (χ3v) is 4.44. The van der Waals surface area contributed by atoms with Crippen molar-refractivity contribution in [3.63, 3.8) is 0 Å². The molecular weight excluding hydrogens is 418 g/mol. The number of hydrogen-bond donors (Lipinski definition) is 1. The number of halogens is 2. The average molecular weight is 433 g/mol. The zero-order valence-electron chi connectivity index (χ0n) is 13.7. The lowest BCUT2D eigenvalue weighted by atomic mass is 10.1. The molecular formula is C19H15BrClN3O2. The van der Waals surface area contributed by atoms with Gasteiger partial charge in [-0.1, -0.05) is 51.8 Å². The Bertz CT molecular complexity index is 987. The second-order valence-electron chi connectivity index (χ2n) is 5.63. The number of carbonyl (C=O) groups is 1. The second kappa shape index (κ2) is 8.29. The van der Waals surface area contributed by atoms with Gasteiger partial charge in [-0.15, -0.1) is 0 Å². The van der Waals surface area contributed by atoms with Gasteiger partial charge in [0.05, 0.1) is 5.69 Å². The third-order valence-electron chi connectivity index (χ3n) is 3.68. The van der Waals surface area contributed by atoms with E-state index >= 15 is 0 Å². The molecule has 0 radical (unpaired) electrons. The Labute approximate surface area is 163 Å². The smallest absolute Gasteiger partial charge is 0.267 e. The van der Waals surface area contributed by atoms with Crippen LogP contribution in [0.15, 0.2) is 69.9 Å². The van der Waals surface area contributed by atoms with E-state index in [1.54, 1.807) is 18.2 Å². The molecule has 1 amide bonds. The van der Waals surface area contributed by atoms with Gasteiger partial charge in [0.1, 0.15) is 6.54 Å². The van der Waals surface area contributed by atoms with Gasteiger partial charge in [0, 0.05) is 27.7 Å². The molecule has 0 bridgehead atoms. The Hall–Kier alpha value is -2.44. The zero-order valence-corrected chi connectivity index (χ0v) is 16.0. The number of nitrogens with one attached hydrogen (secondary N) is 1. The molecule has 0 saturated heterocycles. The number of nitrogens with zero attached hydrogens (tertiary/aromatic N) is 2. The molecule has 132 valence electrons. The first-order valence-electron chi connectivity index (χ1n) is 7.86. The molecule has 0 aliphatic rings. The fraction of sp³-hybridized carbons (Fsp3) is 0.105. The summed E-state index contributed by atoms with van der Waals surface area (Å²) in [4.78, 5) is 24.2. The lowest BCUT2D eigenvalue weighted by Gasteiger charge is -2.09. The summed E-state index contributed by atoms with van der Waals surface area (Å²) in [5.74, 6) is -0.299. The van der Waals surface area contributed by atoms with Crippen LogP contribution >= 0.6 is 27.5 Å². The van der Waals surface area contributed by atoms with Crippen molar-refractivity contribution in [3.8, 4) is 11.3 Å². The largest absolute Gasteiger partial charge is 0.350 e. The Morgan fingerprint density at radius 2 is 1.88 bits per heavy atom. The molecule has 3 aromatic rings. The highest BCUT2D eigenvalue weighted by atomic mass is 79.9. The van der Waals surface area contributed by atoms with Gasteiger partial charge in [-0.05, 0) is 35.9 Å². The maximum absolute atomic E-state index is 12.2. The zero-order chi connectivity index (χ0) is 18.5. The first-order valence-corrected chi connectivity index (χ1v) is 9.03. The minimum atomic E-state index is -0.330. The van der Waals surface area contributed by atoms with Crippen LogP contribution in [0.5, 0.6) is 0 Å². The summed E-state index contributed by atoms with van der Waals surface area (Å²) in [5, 5.41) is 7.66. The average Bonchev–Trinajstić information content (AvgIpc) is 2.63. The Balaban J connectivity index is 1.70. The van der Waals surface area contributed by atoms with Crippen molar-refractivity contribution in [2.75, 3.05) is 0 Å². The molecule has 0 atom stereocenters. The molecule has 1 N–H and O–H groups in total. The van der Waals surface area contributed by atoms with E-state index in [2.05, 4.69) is 26.3 Å². The molecule has 5 nitrogen and oxygen atoms in total. The number of hydrogen-bond acceptors (Lipinski definition) is 3. The summed E-state index contributed by atoms with van der Waals surface area (Å²) in [7, 11) is 0. The lowest BCUT2D eigenvalue weighted by molar-refractivity contribution is -0.122. The fourth-order valence-electron chi connectivity index (χ4n) is 2.38. The van der Waals surface area contributed by atoms with E-state index in [0.29, 0.717) is 17.3 Å². The van der Waals surface area contributed by atoms with Gasteiger partial charge in [-0.25, -0.2) is 4.68 Å². The highest BCUT2D eigenvalue weighted by Crippen LogP contribution is 2.18. The van der Waals surface area contributed by atoms with Gasteiger partial charge in [0.2, 0.25) is 5.91 Å². The van der Waals surface area contributed by atoms with Crippen LogP contribution in [0.1, 0.15) is 5.56 Å². The maximum Gasteiger partial charge on any atom is 0.267 e. The molecule has 3 rings (SSSR count). The van der Waals surface area contributed by atoms with Gasteiger partial charge < -0.3 is 5.32 Å². The van der Waals surface area contributed by atoms with Crippen molar-refractivity contribution >= 4 is 33.4 Å². The van der Waals surface area contributed by atoms with Crippen LogP contribution in [0.2, 0.25) is 5.02 Å². The Kier molecular flexibility index (Phi) is 5.85. The van der Waals surface area contributed by atoms with Crippen LogP contribution < -0.4 is 10.9 Å². The molecule has 0 aliphatic carbocycles. The van der Waals surface area contributed by atoms with Crippen molar-refractivity contribution in [1.29, 1.82) is 0 Å². The minimum Gasteiger partial charge on any atom is -0.350 e. The van der Waals surface area contributed by atoms with Gasteiger partial charge in [-0.2, -0.15) is 5.10 Å². The number of rotatable bonds is 5. The van der Waals surface area contributed by atoms with Crippen molar-refractivity contribution in [1.82, 2.24) is 15.1 Å². The predicted octanol–water partition coefficient (Wildman–Crippen LogP) is 3.64. The van der Waals surface area contributed by atoms with E-state index in [-0.39, 0.29) is 18.0 Å². The summed E-state index contributed by atoms with van der Waals surface area (Å²) >= 11 is 9.31. The summed E-state index contributed by atoms with van der Waals surface area (Å²) in [5.41, 5.74) is 2.04. The summed E-state index contributed by atoms with van der Waals surface area (Å²) in [6.07, 6.45) is 0. The first kappa shape index (κ1) is 18.4. The third kappa shape index (κ3) is 4.80. The van der Waals surface area contributed by atoms with Gasteiger partial charge in [0.25, 0.3) is 5.56 Å². The standard InChI is InChI=1S/C19H15BrClN3O2/c20-15-6-4-14(5-7-15)17-8-9-19(26)24(23-17)12-18(25)22-11-13-2-1-3-16(21)10-13/h1-10H,11-12H2,(H,22,25). The molecule has 0 saturated carbocycles. The fourth-order valence-corrected chi connectivity index (χ4v) is 2.85. The molecule has 0 fully saturated rings. The van der Waals surface area contributed by atoms with E-state index in [4.69, 9.17) is 11.6 Å². The van der Waals surface area contributed by atoms with Gasteiger partial charge >= 0.3 is 0 Å². The number of aromatic nitrogens is 2. The van der Waals surface area contributed by atoms with Crippen LogP contribution in [0, 0.1) is 0 Å². The highest BCUT2D eigenvalue weighted by Gasteiger charge is 2.08. The van der Waals surface area contributed by atoms with Gasteiger partial charge in [0.15, 0.2) is 0 Å². The highest BCUT2D eigenvalue weighted by molar-refractivity contribution is 9.10. The van der Waals surface area contributed by atoms with Crippen molar-refractivity contribution in [2.45, 2.75) is 13.1 Å². The maximum atomic E-state index is 12.2. The van der Waals surface area contributed by atoms with Crippen LogP contribution in [-0.2, 0) is 17.9 Å². The van der Waals surface area contributed by atoms with E-state index in [0.717, 1.165) is 20.3 Å². The Morgan fingerprint density at radius 1 is 1.12 bits per heavy atom. The summed E-state index contributed by atoms with van der Waals surface area (Å²) in [6.45, 7) is 0.185. The van der Waals surface area contributed by atoms with E-state index in [1.165, 1.54) is 6.07 Å². The molecule has 2 aromatic carbocycles. The Morgan fingerprint density at radius 3 is 2.62 bits per heavy atom. The van der Waals surface area contributed by atoms with Gasteiger partial charge in [-0.3, -0.25) is 9.59 Å². The number of amides is 1. The second-order valence-corrected chi connectivity index (χ2v) is 6.98. The molecule has 26 heavy (non-hydrogen) atoms. The normalized spacial score (nSPS) is 10.5. The molecule has 7 heteroatoms. The molecule has 0 spiro atoms. The topological polar surface area (TPSA) is 64.0 Å². The first-order chi connectivity index (χ1) is 12.5. The van der Waals surface area contributed by atoms with Crippen LogP contribution in [0.4, 0.5) is 0 Å². The minimum absolute atomic E-state index is 0.149.